The van der Waals surface area contributed by atoms with Gasteiger partial charge in [0.1, 0.15) is 18.6 Å². The Balaban J connectivity index is 2.10. The van der Waals surface area contributed by atoms with E-state index in [-0.39, 0.29) is 19.1 Å². The molecule has 5 N–H and O–H groups in total. The Labute approximate surface area is 211 Å². The minimum atomic E-state index is -1.11. The highest BCUT2D eigenvalue weighted by Gasteiger charge is 2.43. The number of nitrogens with one attached hydrogen (secondary N) is 3. The Kier molecular flexibility index (Phi) is 10.2. The zero-order valence-electron chi connectivity index (χ0n) is 21.6. The predicted octanol–water partition coefficient (Wildman–Crippen LogP) is -0.0162. The number of amides is 5. The fraction of sp³-hybridized carbons (Fsp3) is 0.750. The van der Waals surface area contributed by atoms with E-state index in [4.69, 9.17) is 10.5 Å². The Bertz CT molecular complexity index is 865. The summed E-state index contributed by atoms with van der Waals surface area (Å²) >= 11 is 0. The minimum Gasteiger partial charge on any atom is -0.465 e. The summed E-state index contributed by atoms with van der Waals surface area (Å²) in [5.74, 6) is -3.31. The van der Waals surface area contributed by atoms with Crippen LogP contribution in [0.1, 0.15) is 66.2 Å². The summed E-state index contributed by atoms with van der Waals surface area (Å²) in [7, 11) is 0. The molecule has 1 aliphatic carbocycles. The zero-order valence-corrected chi connectivity index (χ0v) is 21.6. The van der Waals surface area contributed by atoms with Gasteiger partial charge in [-0.05, 0) is 37.5 Å². The van der Waals surface area contributed by atoms with E-state index in [1.807, 2.05) is 0 Å². The van der Waals surface area contributed by atoms with Gasteiger partial charge in [-0.2, -0.15) is 0 Å². The van der Waals surface area contributed by atoms with Crippen LogP contribution in [0.15, 0.2) is 0 Å². The van der Waals surface area contributed by atoms with Gasteiger partial charge in [-0.25, -0.2) is 4.79 Å². The first-order chi connectivity index (χ1) is 16.8. The molecule has 0 bridgehead atoms. The van der Waals surface area contributed by atoms with Crippen molar-refractivity contribution >= 4 is 35.5 Å². The van der Waals surface area contributed by atoms with Crippen LogP contribution in [0.3, 0.4) is 0 Å². The molecule has 3 atom stereocenters. The molecule has 1 saturated heterocycles. The summed E-state index contributed by atoms with van der Waals surface area (Å²) in [6, 6.07) is -3.59. The number of hydrogen-bond acceptors (Lipinski definition) is 7. The summed E-state index contributed by atoms with van der Waals surface area (Å²) in [6.45, 7) is 7.08. The van der Waals surface area contributed by atoms with Gasteiger partial charge in [0.05, 0.1) is 12.6 Å². The second-order valence-electron chi connectivity index (χ2n) is 10.4. The highest BCUT2D eigenvalue weighted by molar-refractivity contribution is 6.37. The third-order valence-corrected chi connectivity index (χ3v) is 6.60. The number of ketones is 1. The number of nitrogens with two attached hydrogens (primary N) is 1. The average molecular weight is 510 g/mol. The van der Waals surface area contributed by atoms with E-state index < -0.39 is 59.0 Å². The molecule has 0 aromatic carbocycles. The SMILES string of the molecule is CCOC(=O)CNC(=O)NC(C(=O)N1CCCC1C(=O)NC(CC1CCC1)C(=O)C(N)=O)C(C)(C)C. The number of primary amides is 1. The van der Waals surface area contributed by atoms with Crippen molar-refractivity contribution in [3.63, 3.8) is 0 Å². The maximum atomic E-state index is 13.5. The second kappa shape index (κ2) is 12.7. The quantitative estimate of drug-likeness (QED) is 0.223. The largest absolute Gasteiger partial charge is 0.465 e. The maximum absolute atomic E-state index is 13.5. The molecule has 5 amide bonds. The summed E-state index contributed by atoms with van der Waals surface area (Å²) < 4.78 is 4.78. The first kappa shape index (κ1) is 29.1. The van der Waals surface area contributed by atoms with E-state index in [9.17, 15) is 28.8 Å². The van der Waals surface area contributed by atoms with Crippen molar-refractivity contribution in [1.29, 1.82) is 0 Å². The summed E-state index contributed by atoms with van der Waals surface area (Å²) in [4.78, 5) is 75.9. The molecule has 12 heteroatoms. The van der Waals surface area contributed by atoms with E-state index in [2.05, 4.69) is 16.0 Å². The average Bonchev–Trinajstić information content (AvgIpc) is 3.26. The smallest absolute Gasteiger partial charge is 0.325 e. The van der Waals surface area contributed by atoms with Crippen LogP contribution in [0.25, 0.3) is 0 Å². The highest BCUT2D eigenvalue weighted by atomic mass is 16.5. The number of nitrogens with zero attached hydrogens (tertiary/aromatic N) is 1. The topological polar surface area (TPSA) is 177 Å². The van der Waals surface area contributed by atoms with Gasteiger partial charge in [-0.1, -0.05) is 40.0 Å². The molecule has 2 fully saturated rings. The van der Waals surface area contributed by atoms with Crippen LogP contribution in [0.5, 0.6) is 0 Å². The van der Waals surface area contributed by atoms with Gasteiger partial charge in [0.15, 0.2) is 0 Å². The number of carbonyl (C=O) groups excluding carboxylic acids is 6. The Morgan fingerprint density at radius 3 is 2.22 bits per heavy atom. The molecule has 2 aliphatic rings. The first-order valence-electron chi connectivity index (χ1n) is 12.5. The van der Waals surface area contributed by atoms with Crippen LogP contribution in [0, 0.1) is 11.3 Å². The molecule has 2 rings (SSSR count). The predicted molar refractivity (Wildman–Crippen MR) is 129 cm³/mol. The van der Waals surface area contributed by atoms with E-state index in [0.29, 0.717) is 25.8 Å². The number of rotatable bonds is 11. The molecule has 0 radical (unpaired) electrons. The monoisotopic (exact) mass is 509 g/mol. The molecule has 1 saturated carbocycles. The third-order valence-electron chi connectivity index (χ3n) is 6.60. The first-order valence-corrected chi connectivity index (χ1v) is 12.5. The van der Waals surface area contributed by atoms with Gasteiger partial charge >= 0.3 is 12.0 Å². The fourth-order valence-corrected chi connectivity index (χ4v) is 4.40. The van der Waals surface area contributed by atoms with Gasteiger partial charge in [0.2, 0.25) is 17.6 Å². The lowest BCUT2D eigenvalue weighted by Crippen LogP contribution is -2.60. The van der Waals surface area contributed by atoms with Crippen molar-refractivity contribution in [2.45, 2.75) is 84.3 Å². The lowest BCUT2D eigenvalue weighted by Gasteiger charge is -2.36. The van der Waals surface area contributed by atoms with Crippen molar-refractivity contribution in [2.75, 3.05) is 19.7 Å². The molecule has 202 valence electrons. The lowest BCUT2D eigenvalue weighted by atomic mass is 9.80. The van der Waals surface area contributed by atoms with Gasteiger partial charge in [-0.3, -0.25) is 24.0 Å². The Hall–Kier alpha value is -3.18. The van der Waals surface area contributed by atoms with Gasteiger partial charge in [-0.15, -0.1) is 0 Å². The van der Waals surface area contributed by atoms with Crippen molar-refractivity contribution in [3.05, 3.63) is 0 Å². The maximum Gasteiger partial charge on any atom is 0.325 e. The second-order valence-corrected chi connectivity index (χ2v) is 10.4. The van der Waals surface area contributed by atoms with Crippen LogP contribution in [0.4, 0.5) is 4.79 Å². The van der Waals surface area contributed by atoms with Crippen LogP contribution < -0.4 is 21.7 Å². The number of esters is 1. The molecular weight excluding hydrogens is 470 g/mol. The van der Waals surface area contributed by atoms with Crippen LogP contribution in [0.2, 0.25) is 0 Å². The van der Waals surface area contributed by atoms with E-state index in [0.717, 1.165) is 19.3 Å². The van der Waals surface area contributed by atoms with E-state index in [1.165, 1.54) is 4.90 Å². The molecule has 1 heterocycles. The molecule has 3 unspecified atom stereocenters. The summed E-state index contributed by atoms with van der Waals surface area (Å²) in [5, 5.41) is 7.63. The molecule has 0 spiro atoms. The Morgan fingerprint density at radius 2 is 1.69 bits per heavy atom. The third kappa shape index (κ3) is 7.92. The minimum absolute atomic E-state index is 0.177. The number of hydrogen-bond donors (Lipinski definition) is 4. The van der Waals surface area contributed by atoms with Crippen molar-refractivity contribution in [1.82, 2.24) is 20.9 Å². The van der Waals surface area contributed by atoms with Gasteiger partial charge < -0.3 is 31.3 Å². The number of ether oxygens (including phenoxy) is 1. The molecule has 12 nitrogen and oxygen atoms in total. The highest BCUT2D eigenvalue weighted by Crippen LogP contribution is 2.31. The van der Waals surface area contributed by atoms with Gasteiger partial charge in [0.25, 0.3) is 5.91 Å². The Morgan fingerprint density at radius 1 is 1.03 bits per heavy atom. The lowest BCUT2D eigenvalue weighted by molar-refractivity contribution is -0.143. The molecular formula is C24H39N5O7. The van der Waals surface area contributed by atoms with Crippen LogP contribution >= 0.6 is 0 Å². The van der Waals surface area contributed by atoms with Crippen molar-refractivity contribution in [2.24, 2.45) is 17.1 Å². The standard InChI is InChI=1S/C24H39N5O7/c1-5-36-17(30)13-26-23(35)28-19(24(2,3)4)22(34)29-11-7-10-16(29)21(33)27-15(18(31)20(25)32)12-14-8-6-9-14/h14-16,19H,5-13H2,1-4H3,(H2,25,32)(H,27,33)(H2,26,28,35). The summed E-state index contributed by atoms with van der Waals surface area (Å²) in [5.41, 5.74) is 4.48. The zero-order chi connectivity index (χ0) is 27.0. The van der Waals surface area contributed by atoms with Crippen molar-refractivity contribution < 1.29 is 33.5 Å². The molecule has 1 aliphatic heterocycles. The summed E-state index contributed by atoms with van der Waals surface area (Å²) in [6.07, 6.45) is 4.15. The number of urea groups is 1. The molecule has 36 heavy (non-hydrogen) atoms. The van der Waals surface area contributed by atoms with E-state index >= 15 is 0 Å². The molecule has 0 aromatic rings. The number of carbonyl (C=O) groups is 6. The van der Waals surface area contributed by atoms with E-state index in [1.54, 1.807) is 27.7 Å². The number of Topliss-reactive ketones (excluding diaryl/α,β-unsaturated/α-hetero) is 1. The van der Waals surface area contributed by atoms with Crippen LogP contribution in [-0.2, 0) is 28.7 Å². The van der Waals surface area contributed by atoms with Crippen molar-refractivity contribution in [3.8, 4) is 0 Å². The van der Waals surface area contributed by atoms with Crippen LogP contribution in [-0.4, -0.2) is 78.2 Å². The van der Waals surface area contributed by atoms with Gasteiger partial charge in [0, 0.05) is 6.54 Å². The normalized spacial score (nSPS) is 19.4. The molecule has 0 aromatic heterocycles. The number of likely N-dealkylation sites (tertiary alicyclic amines) is 1. The fourth-order valence-electron chi connectivity index (χ4n) is 4.40.